The molecule has 0 aliphatic heterocycles. The van der Waals surface area contributed by atoms with Crippen LogP contribution in [0.25, 0.3) is 10.8 Å². The van der Waals surface area contributed by atoms with Gasteiger partial charge < -0.3 is 0 Å². The van der Waals surface area contributed by atoms with Crippen LogP contribution in [0.5, 0.6) is 0 Å². The summed E-state index contributed by atoms with van der Waals surface area (Å²) in [4.78, 5) is 0.0678. The van der Waals surface area contributed by atoms with Crippen molar-refractivity contribution < 1.29 is 21.6 Å². The lowest BCUT2D eigenvalue weighted by atomic mass is 10.1. The predicted molar refractivity (Wildman–Crippen MR) is 89.4 cm³/mol. The van der Waals surface area contributed by atoms with Crippen molar-refractivity contribution >= 4 is 20.8 Å². The molecule has 25 heavy (non-hydrogen) atoms. The van der Waals surface area contributed by atoms with E-state index in [0.29, 0.717) is 0 Å². The Bertz CT molecular complexity index is 1010. The average Bonchev–Trinajstić information content (AvgIpc) is 2.59. The molecule has 0 radical (unpaired) electrons. The maximum absolute atomic E-state index is 12.7. The van der Waals surface area contributed by atoms with Gasteiger partial charge in [0.15, 0.2) is 0 Å². The summed E-state index contributed by atoms with van der Waals surface area (Å²) >= 11 is 0. The fourth-order valence-electron chi connectivity index (χ4n) is 2.45. The molecule has 0 spiro atoms. The summed E-state index contributed by atoms with van der Waals surface area (Å²) < 4.78 is 65.3. The van der Waals surface area contributed by atoms with E-state index in [1.54, 1.807) is 18.2 Å². The SMILES string of the molecule is O=S(=O)(NCc1cccc(C(F)(F)F)c1)c1ccc2ccccc2c1. The van der Waals surface area contributed by atoms with Crippen LogP contribution in [0.1, 0.15) is 11.1 Å². The quantitative estimate of drug-likeness (QED) is 0.748. The van der Waals surface area contributed by atoms with Gasteiger partial charge in [0.2, 0.25) is 10.0 Å². The molecule has 3 rings (SSSR count). The number of rotatable bonds is 4. The Kier molecular flexibility index (Phi) is 4.53. The Morgan fingerprint density at radius 1 is 0.840 bits per heavy atom. The van der Waals surface area contributed by atoms with E-state index in [2.05, 4.69) is 4.72 Å². The van der Waals surface area contributed by atoms with Gasteiger partial charge in [0.1, 0.15) is 0 Å². The minimum absolute atomic E-state index is 0.0678. The van der Waals surface area contributed by atoms with Crippen LogP contribution in [-0.4, -0.2) is 8.42 Å². The van der Waals surface area contributed by atoms with Crippen LogP contribution < -0.4 is 4.72 Å². The van der Waals surface area contributed by atoms with Gasteiger partial charge in [-0.25, -0.2) is 13.1 Å². The van der Waals surface area contributed by atoms with Gasteiger partial charge in [-0.05, 0) is 34.5 Å². The van der Waals surface area contributed by atoms with Crippen molar-refractivity contribution in [1.29, 1.82) is 0 Å². The van der Waals surface area contributed by atoms with Crippen LogP contribution >= 0.6 is 0 Å². The molecule has 3 aromatic carbocycles. The van der Waals surface area contributed by atoms with E-state index in [1.807, 2.05) is 12.1 Å². The highest BCUT2D eigenvalue weighted by molar-refractivity contribution is 7.89. The van der Waals surface area contributed by atoms with E-state index in [4.69, 9.17) is 0 Å². The number of sulfonamides is 1. The molecule has 3 aromatic rings. The summed E-state index contributed by atoms with van der Waals surface area (Å²) in [5.41, 5.74) is -0.575. The summed E-state index contributed by atoms with van der Waals surface area (Å²) in [7, 11) is -3.83. The highest BCUT2D eigenvalue weighted by Gasteiger charge is 2.30. The van der Waals surface area contributed by atoms with Crippen LogP contribution in [0.3, 0.4) is 0 Å². The molecule has 0 amide bonds. The third-order valence-electron chi connectivity index (χ3n) is 3.75. The molecule has 0 aromatic heterocycles. The van der Waals surface area contributed by atoms with E-state index in [9.17, 15) is 21.6 Å². The molecule has 0 heterocycles. The summed E-state index contributed by atoms with van der Waals surface area (Å²) in [5.74, 6) is 0. The summed E-state index contributed by atoms with van der Waals surface area (Å²) in [5, 5.41) is 1.67. The first kappa shape index (κ1) is 17.4. The number of hydrogen-bond acceptors (Lipinski definition) is 2. The molecule has 0 aliphatic carbocycles. The third kappa shape index (κ3) is 4.00. The van der Waals surface area contributed by atoms with Gasteiger partial charge in [-0.15, -0.1) is 0 Å². The summed E-state index contributed by atoms with van der Waals surface area (Å²) in [6.45, 7) is -0.223. The average molecular weight is 365 g/mol. The van der Waals surface area contributed by atoms with E-state index in [1.165, 1.54) is 24.3 Å². The van der Waals surface area contributed by atoms with Gasteiger partial charge in [0.05, 0.1) is 10.5 Å². The van der Waals surface area contributed by atoms with Gasteiger partial charge in [-0.2, -0.15) is 13.2 Å². The molecule has 0 aliphatic rings. The lowest BCUT2D eigenvalue weighted by Gasteiger charge is -2.10. The second-order valence-corrected chi connectivity index (χ2v) is 7.30. The second-order valence-electron chi connectivity index (χ2n) is 5.53. The summed E-state index contributed by atoms with van der Waals surface area (Å²) in [6, 6.07) is 16.6. The van der Waals surface area contributed by atoms with Crippen molar-refractivity contribution in [1.82, 2.24) is 4.72 Å². The Balaban J connectivity index is 1.81. The molecule has 0 bridgehead atoms. The first-order chi connectivity index (χ1) is 11.8. The van der Waals surface area contributed by atoms with Crippen LogP contribution in [0.4, 0.5) is 13.2 Å². The van der Waals surface area contributed by atoms with E-state index in [0.717, 1.165) is 22.9 Å². The predicted octanol–water partition coefficient (Wildman–Crippen LogP) is 4.34. The molecule has 0 atom stereocenters. The molecule has 7 heteroatoms. The van der Waals surface area contributed by atoms with Gasteiger partial charge in [0, 0.05) is 6.54 Å². The highest BCUT2D eigenvalue weighted by atomic mass is 32.2. The first-order valence-electron chi connectivity index (χ1n) is 7.40. The molecular weight excluding hydrogens is 351 g/mol. The number of nitrogens with one attached hydrogen (secondary N) is 1. The minimum Gasteiger partial charge on any atom is -0.207 e. The maximum atomic E-state index is 12.7. The zero-order chi connectivity index (χ0) is 18.1. The number of fused-ring (bicyclic) bond motifs is 1. The molecule has 0 fully saturated rings. The smallest absolute Gasteiger partial charge is 0.207 e. The van der Waals surface area contributed by atoms with Gasteiger partial charge in [0.25, 0.3) is 0 Å². The topological polar surface area (TPSA) is 46.2 Å². The highest BCUT2D eigenvalue weighted by Crippen LogP contribution is 2.29. The third-order valence-corrected chi connectivity index (χ3v) is 5.15. The van der Waals surface area contributed by atoms with Crippen LogP contribution in [0.15, 0.2) is 71.6 Å². The molecule has 1 N–H and O–H groups in total. The summed E-state index contributed by atoms with van der Waals surface area (Å²) in [6.07, 6.45) is -4.47. The zero-order valence-corrected chi connectivity index (χ0v) is 13.7. The minimum atomic E-state index is -4.47. The van der Waals surface area contributed by atoms with E-state index < -0.39 is 21.8 Å². The van der Waals surface area contributed by atoms with Crippen LogP contribution in [-0.2, 0) is 22.7 Å². The Morgan fingerprint density at radius 2 is 1.56 bits per heavy atom. The van der Waals surface area contributed by atoms with Crippen LogP contribution in [0.2, 0.25) is 0 Å². The molecule has 0 saturated carbocycles. The maximum Gasteiger partial charge on any atom is 0.416 e. The van der Waals surface area contributed by atoms with Crippen molar-refractivity contribution in [2.24, 2.45) is 0 Å². The number of benzene rings is 3. The Hall–Kier alpha value is -2.38. The lowest BCUT2D eigenvalue weighted by molar-refractivity contribution is -0.137. The van der Waals surface area contributed by atoms with Gasteiger partial charge in [-0.1, -0.05) is 48.5 Å². The zero-order valence-electron chi connectivity index (χ0n) is 12.9. The van der Waals surface area contributed by atoms with Crippen LogP contribution in [0, 0.1) is 0 Å². The monoisotopic (exact) mass is 365 g/mol. The number of halogens is 3. The van der Waals surface area contributed by atoms with Crippen molar-refractivity contribution in [2.45, 2.75) is 17.6 Å². The van der Waals surface area contributed by atoms with Crippen molar-refractivity contribution in [2.75, 3.05) is 0 Å². The van der Waals surface area contributed by atoms with Crippen molar-refractivity contribution in [3.63, 3.8) is 0 Å². The van der Waals surface area contributed by atoms with Crippen molar-refractivity contribution in [3.8, 4) is 0 Å². The molecule has 0 unspecified atom stereocenters. The Morgan fingerprint density at radius 3 is 2.28 bits per heavy atom. The second kappa shape index (κ2) is 6.50. The van der Waals surface area contributed by atoms with E-state index >= 15 is 0 Å². The standard InChI is InChI=1S/C18H14F3NO2S/c19-18(20,21)16-7-3-4-13(10-16)12-22-25(23,24)17-9-8-14-5-1-2-6-15(14)11-17/h1-11,22H,12H2. The number of alkyl halides is 3. The first-order valence-corrected chi connectivity index (χ1v) is 8.89. The van der Waals surface area contributed by atoms with Gasteiger partial charge >= 0.3 is 6.18 Å². The van der Waals surface area contributed by atoms with E-state index in [-0.39, 0.29) is 17.0 Å². The number of hydrogen-bond donors (Lipinski definition) is 1. The molecule has 0 saturated heterocycles. The van der Waals surface area contributed by atoms with Gasteiger partial charge in [-0.3, -0.25) is 0 Å². The van der Waals surface area contributed by atoms with Crippen molar-refractivity contribution in [3.05, 3.63) is 77.9 Å². The fraction of sp³-hybridized carbons (Fsp3) is 0.111. The molecule has 130 valence electrons. The largest absolute Gasteiger partial charge is 0.416 e. The normalized spacial score (nSPS) is 12.4. The Labute approximate surface area is 143 Å². The molecule has 3 nitrogen and oxygen atoms in total. The fourth-order valence-corrected chi connectivity index (χ4v) is 3.51. The molecular formula is C18H14F3NO2S. The lowest BCUT2D eigenvalue weighted by Crippen LogP contribution is -2.23.